The SMILES string of the molecule is CC(C)C1C[C@H]2C(C)C[C@@H]1CC2C1OCCO1. The van der Waals surface area contributed by atoms with Crippen LogP contribution in [0.2, 0.25) is 0 Å². The van der Waals surface area contributed by atoms with Crippen molar-refractivity contribution in [3.05, 3.63) is 0 Å². The summed E-state index contributed by atoms with van der Waals surface area (Å²) in [5.41, 5.74) is 0. The quantitative estimate of drug-likeness (QED) is 0.735. The van der Waals surface area contributed by atoms with Crippen LogP contribution in [0.25, 0.3) is 0 Å². The second-order valence-electron chi connectivity index (χ2n) is 6.79. The van der Waals surface area contributed by atoms with Gasteiger partial charge in [0.25, 0.3) is 0 Å². The molecule has 98 valence electrons. The van der Waals surface area contributed by atoms with Gasteiger partial charge in [0.1, 0.15) is 0 Å². The Kier molecular flexibility index (Phi) is 3.20. The predicted molar refractivity (Wildman–Crippen MR) is 67.5 cm³/mol. The molecule has 2 heteroatoms. The van der Waals surface area contributed by atoms with E-state index < -0.39 is 0 Å². The third-order valence-corrected chi connectivity index (χ3v) is 5.53. The van der Waals surface area contributed by atoms with Crippen LogP contribution in [-0.4, -0.2) is 19.5 Å². The van der Waals surface area contributed by atoms with Gasteiger partial charge in [-0.25, -0.2) is 0 Å². The molecule has 5 atom stereocenters. The van der Waals surface area contributed by atoms with Crippen molar-refractivity contribution in [2.45, 2.75) is 46.3 Å². The topological polar surface area (TPSA) is 18.5 Å². The predicted octanol–water partition coefficient (Wildman–Crippen LogP) is 3.31. The fourth-order valence-corrected chi connectivity index (χ4v) is 4.71. The molecule has 1 heterocycles. The molecule has 4 fully saturated rings. The molecular formula is C15H26O2. The zero-order valence-corrected chi connectivity index (χ0v) is 11.4. The summed E-state index contributed by atoms with van der Waals surface area (Å²) < 4.78 is 11.5. The molecule has 4 rings (SSSR count). The molecule has 0 N–H and O–H groups in total. The second kappa shape index (κ2) is 4.55. The minimum atomic E-state index is 0.123. The highest BCUT2D eigenvalue weighted by Crippen LogP contribution is 2.54. The van der Waals surface area contributed by atoms with Crippen LogP contribution < -0.4 is 0 Å². The molecule has 0 radical (unpaired) electrons. The Labute approximate surface area is 105 Å². The summed E-state index contributed by atoms with van der Waals surface area (Å²) in [6.07, 6.45) is 4.33. The van der Waals surface area contributed by atoms with Gasteiger partial charge in [-0.05, 0) is 48.9 Å². The molecule has 0 aromatic heterocycles. The van der Waals surface area contributed by atoms with Crippen LogP contribution in [-0.2, 0) is 9.47 Å². The highest BCUT2D eigenvalue weighted by atomic mass is 16.7. The molecule has 17 heavy (non-hydrogen) atoms. The summed E-state index contributed by atoms with van der Waals surface area (Å²) in [7, 11) is 0. The number of rotatable bonds is 2. The van der Waals surface area contributed by atoms with Gasteiger partial charge >= 0.3 is 0 Å². The third-order valence-electron chi connectivity index (χ3n) is 5.53. The first kappa shape index (κ1) is 12.0. The Bertz CT molecular complexity index is 270. The molecule has 0 aromatic rings. The fraction of sp³-hybridized carbons (Fsp3) is 1.00. The highest BCUT2D eigenvalue weighted by molar-refractivity contribution is 4.96. The van der Waals surface area contributed by atoms with Crippen LogP contribution in [0.5, 0.6) is 0 Å². The Morgan fingerprint density at radius 1 is 0.941 bits per heavy atom. The van der Waals surface area contributed by atoms with Crippen molar-refractivity contribution in [1.82, 2.24) is 0 Å². The first-order valence-electron chi connectivity index (χ1n) is 7.40. The van der Waals surface area contributed by atoms with Gasteiger partial charge in [-0.15, -0.1) is 0 Å². The van der Waals surface area contributed by atoms with E-state index in [4.69, 9.17) is 9.47 Å². The van der Waals surface area contributed by atoms with Crippen molar-refractivity contribution in [2.75, 3.05) is 13.2 Å². The molecule has 0 aromatic carbocycles. The number of hydrogen-bond acceptors (Lipinski definition) is 2. The van der Waals surface area contributed by atoms with E-state index in [0.717, 1.165) is 42.8 Å². The summed E-state index contributed by atoms with van der Waals surface area (Å²) in [6, 6.07) is 0. The van der Waals surface area contributed by atoms with E-state index in [1.165, 1.54) is 19.3 Å². The van der Waals surface area contributed by atoms with E-state index in [-0.39, 0.29) is 6.29 Å². The van der Waals surface area contributed by atoms with Gasteiger partial charge in [0.15, 0.2) is 6.29 Å². The van der Waals surface area contributed by atoms with Crippen molar-refractivity contribution in [1.29, 1.82) is 0 Å². The van der Waals surface area contributed by atoms with E-state index in [1.807, 2.05) is 0 Å². The van der Waals surface area contributed by atoms with E-state index in [1.54, 1.807) is 0 Å². The van der Waals surface area contributed by atoms with Crippen LogP contribution in [0.4, 0.5) is 0 Å². The van der Waals surface area contributed by atoms with Crippen molar-refractivity contribution in [2.24, 2.45) is 35.5 Å². The first-order valence-corrected chi connectivity index (χ1v) is 7.40. The molecule has 2 bridgehead atoms. The van der Waals surface area contributed by atoms with Gasteiger partial charge in [-0.3, -0.25) is 0 Å². The van der Waals surface area contributed by atoms with Crippen molar-refractivity contribution in [3.8, 4) is 0 Å². The van der Waals surface area contributed by atoms with E-state index in [9.17, 15) is 0 Å². The van der Waals surface area contributed by atoms with Crippen molar-refractivity contribution < 1.29 is 9.47 Å². The molecule has 0 amide bonds. The van der Waals surface area contributed by atoms with Gasteiger partial charge in [-0.1, -0.05) is 20.8 Å². The van der Waals surface area contributed by atoms with E-state index >= 15 is 0 Å². The van der Waals surface area contributed by atoms with Gasteiger partial charge < -0.3 is 9.47 Å². The standard InChI is InChI=1S/C15H26O2/c1-9(2)12-8-13-10(3)6-11(12)7-14(13)15-16-4-5-17-15/h9-15H,4-8H2,1-3H3/t10?,11-,12?,13+,14?/m1/s1. The van der Waals surface area contributed by atoms with Gasteiger partial charge in [-0.2, -0.15) is 0 Å². The second-order valence-corrected chi connectivity index (χ2v) is 6.79. The summed E-state index contributed by atoms with van der Waals surface area (Å²) >= 11 is 0. The number of fused-ring (bicyclic) bond motifs is 3. The lowest BCUT2D eigenvalue weighted by Gasteiger charge is -2.53. The van der Waals surface area contributed by atoms with Gasteiger partial charge in [0.2, 0.25) is 0 Å². The Morgan fingerprint density at radius 3 is 2.24 bits per heavy atom. The Morgan fingerprint density at radius 2 is 1.65 bits per heavy atom. The normalized spacial score (nSPS) is 46.9. The Hall–Kier alpha value is -0.0800. The smallest absolute Gasteiger partial charge is 0.160 e. The molecule has 3 saturated carbocycles. The molecule has 1 saturated heterocycles. The molecule has 0 spiro atoms. The maximum Gasteiger partial charge on any atom is 0.160 e. The van der Waals surface area contributed by atoms with E-state index in [2.05, 4.69) is 20.8 Å². The van der Waals surface area contributed by atoms with Gasteiger partial charge in [0, 0.05) is 5.92 Å². The van der Waals surface area contributed by atoms with Gasteiger partial charge in [0.05, 0.1) is 13.2 Å². The maximum absolute atomic E-state index is 5.77. The third kappa shape index (κ3) is 2.04. The van der Waals surface area contributed by atoms with E-state index in [0.29, 0.717) is 5.92 Å². The number of hydrogen-bond donors (Lipinski definition) is 0. The average molecular weight is 238 g/mol. The summed E-state index contributed by atoms with van der Waals surface area (Å²) in [4.78, 5) is 0. The minimum Gasteiger partial charge on any atom is -0.350 e. The first-order chi connectivity index (χ1) is 8.16. The molecule has 1 aliphatic heterocycles. The van der Waals surface area contributed by atoms with Crippen LogP contribution >= 0.6 is 0 Å². The fourth-order valence-electron chi connectivity index (χ4n) is 4.71. The lowest BCUT2D eigenvalue weighted by atomic mass is 9.54. The summed E-state index contributed by atoms with van der Waals surface area (Å²) in [5, 5.41) is 0. The zero-order valence-electron chi connectivity index (χ0n) is 11.4. The van der Waals surface area contributed by atoms with Crippen LogP contribution in [0.15, 0.2) is 0 Å². The molecule has 4 aliphatic rings. The Balaban J connectivity index is 1.74. The summed E-state index contributed by atoms with van der Waals surface area (Å²) in [6.45, 7) is 8.84. The molecule has 3 aliphatic carbocycles. The lowest BCUT2D eigenvalue weighted by molar-refractivity contribution is -0.153. The minimum absolute atomic E-state index is 0.123. The number of ether oxygens (including phenoxy) is 2. The lowest BCUT2D eigenvalue weighted by Crippen LogP contribution is -2.48. The maximum atomic E-state index is 5.77. The molecule has 3 unspecified atom stereocenters. The van der Waals surface area contributed by atoms with Crippen molar-refractivity contribution in [3.63, 3.8) is 0 Å². The molecule has 2 nitrogen and oxygen atoms in total. The monoisotopic (exact) mass is 238 g/mol. The highest BCUT2D eigenvalue weighted by Gasteiger charge is 2.49. The van der Waals surface area contributed by atoms with Crippen LogP contribution in [0.1, 0.15) is 40.0 Å². The van der Waals surface area contributed by atoms with Crippen LogP contribution in [0.3, 0.4) is 0 Å². The van der Waals surface area contributed by atoms with Crippen molar-refractivity contribution >= 4 is 0 Å². The largest absolute Gasteiger partial charge is 0.350 e. The zero-order chi connectivity index (χ0) is 12.0. The summed E-state index contributed by atoms with van der Waals surface area (Å²) in [5.74, 6) is 5.13. The average Bonchev–Trinajstić information content (AvgIpc) is 2.81. The molecular weight excluding hydrogens is 212 g/mol. The van der Waals surface area contributed by atoms with Crippen LogP contribution in [0, 0.1) is 35.5 Å².